The second-order valence-electron chi connectivity index (χ2n) is 11.3. The fourth-order valence-electron chi connectivity index (χ4n) is 5.59. The van der Waals surface area contributed by atoms with Gasteiger partial charge in [0.05, 0.1) is 16.6 Å². The second-order valence-corrected chi connectivity index (χ2v) is 11.3. The van der Waals surface area contributed by atoms with Crippen LogP contribution >= 0.6 is 0 Å². The first-order valence-electron chi connectivity index (χ1n) is 14.0. The summed E-state index contributed by atoms with van der Waals surface area (Å²) < 4.78 is 28.0. The summed E-state index contributed by atoms with van der Waals surface area (Å²) in [5.41, 5.74) is 4.74. The van der Waals surface area contributed by atoms with Crippen LogP contribution in [0.3, 0.4) is 0 Å². The zero-order valence-corrected chi connectivity index (χ0v) is 25.0. The van der Waals surface area contributed by atoms with Crippen LogP contribution in [0.5, 0.6) is 17.2 Å². The molecule has 1 fully saturated rings. The molecule has 0 spiro atoms. The third kappa shape index (κ3) is 6.21. The largest absolute Gasteiger partial charge is 0.508 e. The van der Waals surface area contributed by atoms with Gasteiger partial charge in [0.2, 0.25) is 6.29 Å². The number of hydrogen-bond donors (Lipinski definition) is 4. The molecule has 1 aliphatic heterocycles. The monoisotopic (exact) mass is 619 g/mol. The molecule has 2 heterocycles. The number of ketones is 1. The summed E-state index contributed by atoms with van der Waals surface area (Å²) in [6.45, 7) is 4.89. The highest BCUT2D eigenvalue weighted by Gasteiger charge is 2.53. The summed E-state index contributed by atoms with van der Waals surface area (Å²) >= 11 is 0. The fourth-order valence-corrected chi connectivity index (χ4v) is 5.59. The van der Waals surface area contributed by atoms with Gasteiger partial charge >= 0.3 is 11.7 Å². The molecule has 0 radical (unpaired) electrons. The molecule has 0 unspecified atom stereocenters. The van der Waals surface area contributed by atoms with Gasteiger partial charge in [0.25, 0.3) is 0 Å². The molecular formula is C33H33NO11. The van der Waals surface area contributed by atoms with E-state index in [1.54, 1.807) is 26.8 Å². The van der Waals surface area contributed by atoms with Crippen molar-refractivity contribution in [1.29, 1.82) is 0 Å². The number of Topliss-reactive ketones (excluding diaryl/α,β-unsaturated/α-hetero) is 1. The first kappa shape index (κ1) is 31.5. The Morgan fingerprint density at radius 1 is 1.02 bits per heavy atom. The van der Waals surface area contributed by atoms with Crippen molar-refractivity contribution < 1.29 is 48.3 Å². The SMILES string of the molecule is CO[C@@H]1[C@@H](OC(N)=O)[C@@H](O)[C@H](Oc2ccc3c(O)c(CC(=O)c4cc(O)cc(-c5ccccc5)c4)c(=O)oc3c2C)OC1(C)C. The Labute approximate surface area is 257 Å². The number of methoxy groups -OCH3 is 1. The molecular weight excluding hydrogens is 586 g/mol. The van der Waals surface area contributed by atoms with Crippen molar-refractivity contribution >= 4 is 22.8 Å². The Morgan fingerprint density at radius 2 is 1.73 bits per heavy atom. The molecule has 5 N–H and O–H groups in total. The van der Waals surface area contributed by atoms with Crippen molar-refractivity contribution in [3.63, 3.8) is 0 Å². The number of aliphatic hydroxyl groups excluding tert-OH is 1. The standard InChI is InChI=1S/C33H33NO11/c1-16-24(42-31-26(38)28(44-32(34)40)29(41-4)33(2,3)45-31)11-10-21-25(37)22(30(39)43-27(16)21)15-23(36)19-12-18(13-20(35)14-19)17-8-6-5-7-9-17/h5-14,26,28-29,31,35,37-38H,15H2,1-4H3,(H2,34,40)/t26-,28+,29-,31-/m1/s1. The molecule has 0 bridgehead atoms. The van der Waals surface area contributed by atoms with Crippen molar-refractivity contribution in [2.45, 2.75) is 57.4 Å². The normalized spacial score (nSPS) is 20.9. The van der Waals surface area contributed by atoms with Crippen molar-refractivity contribution in [2.24, 2.45) is 5.73 Å². The van der Waals surface area contributed by atoms with Crippen LogP contribution in [0.15, 0.2) is 69.9 Å². The average Bonchev–Trinajstić information content (AvgIpc) is 2.99. The van der Waals surface area contributed by atoms with E-state index in [9.17, 15) is 29.7 Å². The van der Waals surface area contributed by atoms with Crippen molar-refractivity contribution in [3.8, 4) is 28.4 Å². The highest BCUT2D eigenvalue weighted by molar-refractivity contribution is 6.00. The minimum Gasteiger partial charge on any atom is -0.508 e. The zero-order chi connectivity index (χ0) is 32.6. The average molecular weight is 620 g/mol. The van der Waals surface area contributed by atoms with Crippen LogP contribution in [0.2, 0.25) is 0 Å². The number of aryl methyl sites for hydroxylation is 1. The molecule has 1 aromatic heterocycles. The van der Waals surface area contributed by atoms with Crippen LogP contribution in [0.4, 0.5) is 4.79 Å². The number of aliphatic hydroxyl groups is 1. The summed E-state index contributed by atoms with van der Waals surface area (Å²) in [5, 5.41) is 32.5. The van der Waals surface area contributed by atoms with E-state index in [1.807, 2.05) is 30.3 Å². The van der Waals surface area contributed by atoms with Gasteiger partial charge in [-0.1, -0.05) is 30.3 Å². The van der Waals surface area contributed by atoms with E-state index < -0.39 is 59.9 Å². The van der Waals surface area contributed by atoms with Crippen LogP contribution in [-0.2, 0) is 20.6 Å². The van der Waals surface area contributed by atoms with Crippen LogP contribution in [0, 0.1) is 6.92 Å². The van der Waals surface area contributed by atoms with Crippen LogP contribution < -0.4 is 16.1 Å². The van der Waals surface area contributed by atoms with E-state index in [0.29, 0.717) is 5.56 Å². The number of hydrogen-bond acceptors (Lipinski definition) is 11. The van der Waals surface area contributed by atoms with Gasteiger partial charge in [-0.2, -0.15) is 0 Å². The Kier molecular flexibility index (Phi) is 8.57. The molecule has 1 aliphatic rings. The number of ether oxygens (including phenoxy) is 4. The van der Waals surface area contributed by atoms with Crippen LogP contribution in [-0.4, -0.2) is 64.5 Å². The summed E-state index contributed by atoms with van der Waals surface area (Å²) in [4.78, 5) is 37.9. The number of carbonyl (C=O) groups excluding carboxylic acids is 2. The number of carbonyl (C=O) groups is 2. The minimum atomic E-state index is -1.51. The van der Waals surface area contributed by atoms with E-state index in [1.165, 1.54) is 31.4 Å². The molecule has 1 amide bonds. The Hall–Kier alpha value is -4.91. The molecule has 0 aliphatic carbocycles. The number of nitrogens with two attached hydrogens (primary N) is 1. The topological polar surface area (TPSA) is 188 Å². The number of rotatable bonds is 8. The Balaban J connectivity index is 1.44. The van der Waals surface area contributed by atoms with Crippen LogP contribution in [0.1, 0.15) is 35.3 Å². The third-order valence-corrected chi connectivity index (χ3v) is 7.79. The lowest BCUT2D eigenvalue weighted by Crippen LogP contribution is -2.65. The maximum Gasteiger partial charge on any atom is 0.404 e. The molecule has 4 aromatic rings. The van der Waals surface area contributed by atoms with Gasteiger partial charge in [-0.15, -0.1) is 0 Å². The van der Waals surface area contributed by atoms with E-state index in [4.69, 9.17) is 29.1 Å². The highest BCUT2D eigenvalue weighted by Crippen LogP contribution is 2.38. The first-order chi connectivity index (χ1) is 21.3. The van der Waals surface area contributed by atoms with Gasteiger partial charge in [0.1, 0.15) is 28.9 Å². The predicted octanol–water partition coefficient (Wildman–Crippen LogP) is 3.96. The smallest absolute Gasteiger partial charge is 0.404 e. The van der Waals surface area contributed by atoms with Crippen molar-refractivity contribution in [1.82, 2.24) is 0 Å². The molecule has 12 nitrogen and oxygen atoms in total. The van der Waals surface area contributed by atoms with E-state index in [2.05, 4.69) is 0 Å². The molecule has 5 rings (SSSR count). The Bertz CT molecular complexity index is 1820. The predicted molar refractivity (Wildman–Crippen MR) is 161 cm³/mol. The molecule has 45 heavy (non-hydrogen) atoms. The number of primary amides is 1. The fraction of sp³-hybridized carbons (Fsp3) is 0.303. The van der Waals surface area contributed by atoms with E-state index in [-0.39, 0.29) is 39.2 Å². The van der Waals surface area contributed by atoms with Gasteiger partial charge < -0.3 is 44.4 Å². The summed E-state index contributed by atoms with van der Waals surface area (Å²) in [6.07, 6.45) is -6.58. The summed E-state index contributed by atoms with van der Waals surface area (Å²) in [5.74, 6) is -0.954. The third-order valence-electron chi connectivity index (χ3n) is 7.79. The number of phenolic OH excluding ortho intramolecular Hbond substituents is 1. The zero-order valence-electron chi connectivity index (χ0n) is 25.0. The van der Waals surface area contributed by atoms with Crippen LogP contribution in [0.25, 0.3) is 22.1 Å². The molecule has 0 saturated carbocycles. The molecule has 1 saturated heterocycles. The summed E-state index contributed by atoms with van der Waals surface area (Å²) in [7, 11) is 1.37. The number of phenols is 1. The van der Waals surface area contributed by atoms with Crippen molar-refractivity contribution in [3.05, 3.63) is 87.8 Å². The molecule has 236 valence electrons. The lowest BCUT2D eigenvalue weighted by molar-refractivity contribution is -0.304. The quantitative estimate of drug-likeness (QED) is 0.165. The lowest BCUT2D eigenvalue weighted by Gasteiger charge is -2.47. The number of amides is 1. The number of fused-ring (bicyclic) bond motifs is 1. The van der Waals surface area contributed by atoms with Gasteiger partial charge in [-0.3, -0.25) is 4.79 Å². The van der Waals surface area contributed by atoms with Crippen molar-refractivity contribution in [2.75, 3.05) is 7.11 Å². The first-order valence-corrected chi connectivity index (χ1v) is 14.0. The van der Waals surface area contributed by atoms with Gasteiger partial charge in [-0.05, 0) is 62.2 Å². The second kappa shape index (κ2) is 12.2. The summed E-state index contributed by atoms with van der Waals surface area (Å²) in [6, 6.07) is 16.5. The van der Waals surface area contributed by atoms with Gasteiger partial charge in [-0.25, -0.2) is 9.59 Å². The number of aromatic hydroxyl groups is 2. The minimum absolute atomic E-state index is 0.0146. The lowest BCUT2D eigenvalue weighted by atomic mass is 9.89. The van der Waals surface area contributed by atoms with Gasteiger partial charge in [0, 0.05) is 24.7 Å². The molecule has 12 heteroatoms. The van der Waals surface area contributed by atoms with E-state index >= 15 is 0 Å². The van der Waals surface area contributed by atoms with E-state index in [0.717, 1.165) is 5.56 Å². The van der Waals surface area contributed by atoms with Gasteiger partial charge in [0.15, 0.2) is 18.0 Å². The molecule has 3 aromatic carbocycles. The maximum absolute atomic E-state index is 13.2. The highest BCUT2D eigenvalue weighted by atomic mass is 16.7. The number of benzene rings is 3. The Morgan fingerprint density at radius 3 is 2.40 bits per heavy atom. The molecule has 4 atom stereocenters. The maximum atomic E-state index is 13.2.